The number of carbonyl (C=O) groups excluding carboxylic acids is 5. The molecule has 3 aromatic rings. The summed E-state index contributed by atoms with van der Waals surface area (Å²) in [5.41, 5.74) is 2.68. The van der Waals surface area contributed by atoms with E-state index in [4.69, 9.17) is 4.74 Å². The maximum absolute atomic E-state index is 13.6. The van der Waals surface area contributed by atoms with Gasteiger partial charge in [0, 0.05) is 11.3 Å². The molecule has 0 spiro atoms. The van der Waals surface area contributed by atoms with Gasteiger partial charge in [-0.05, 0) is 85.5 Å². The van der Waals surface area contributed by atoms with Crippen molar-refractivity contribution in [1.82, 2.24) is 0 Å². The van der Waals surface area contributed by atoms with E-state index < -0.39 is 18.5 Å². The van der Waals surface area contributed by atoms with Crippen molar-refractivity contribution in [2.75, 3.05) is 16.8 Å². The number of benzene rings is 3. The van der Waals surface area contributed by atoms with Crippen LogP contribution in [0, 0.1) is 23.7 Å². The summed E-state index contributed by atoms with van der Waals surface area (Å²) in [7, 11) is 0. The minimum atomic E-state index is -0.743. The number of esters is 1. The van der Waals surface area contributed by atoms with Gasteiger partial charge in [0.1, 0.15) is 0 Å². The number of anilines is 2. The molecule has 1 aliphatic heterocycles. The molecule has 5 atom stereocenters. The first-order chi connectivity index (χ1) is 19.3. The third-order valence-electron chi connectivity index (χ3n) is 8.49. The summed E-state index contributed by atoms with van der Waals surface area (Å²) in [4.78, 5) is 64.7. The van der Waals surface area contributed by atoms with Crippen LogP contribution in [0.1, 0.15) is 52.0 Å². The van der Waals surface area contributed by atoms with Crippen LogP contribution in [-0.2, 0) is 19.1 Å². The highest BCUT2D eigenvalue weighted by molar-refractivity contribution is 6.23. The molecule has 2 bridgehead atoms. The predicted molar refractivity (Wildman–Crippen MR) is 147 cm³/mol. The average molecular weight is 537 g/mol. The monoisotopic (exact) mass is 536 g/mol. The number of ketones is 1. The molecule has 3 aromatic carbocycles. The fourth-order valence-corrected chi connectivity index (χ4v) is 6.77. The van der Waals surface area contributed by atoms with E-state index >= 15 is 0 Å². The summed E-state index contributed by atoms with van der Waals surface area (Å²) >= 11 is 0. The molecule has 3 fully saturated rings. The van der Waals surface area contributed by atoms with E-state index in [9.17, 15) is 24.0 Å². The zero-order valence-corrected chi connectivity index (χ0v) is 21.9. The van der Waals surface area contributed by atoms with Crippen LogP contribution in [0.25, 0.3) is 0 Å². The first-order valence-electron chi connectivity index (χ1n) is 13.4. The van der Waals surface area contributed by atoms with Crippen LogP contribution in [0.4, 0.5) is 11.4 Å². The average Bonchev–Trinajstić information content (AvgIpc) is 3.63. The van der Waals surface area contributed by atoms with Crippen LogP contribution >= 0.6 is 0 Å². The van der Waals surface area contributed by atoms with Crippen molar-refractivity contribution >= 4 is 40.8 Å². The van der Waals surface area contributed by atoms with Crippen LogP contribution in [-0.4, -0.2) is 36.1 Å². The summed E-state index contributed by atoms with van der Waals surface area (Å²) in [6.45, 7) is 0.932. The quantitative estimate of drug-likeness (QED) is 0.268. The number of carbonyl (C=O) groups is 5. The van der Waals surface area contributed by atoms with Gasteiger partial charge in [0.25, 0.3) is 5.91 Å². The minimum Gasteiger partial charge on any atom is -0.452 e. The largest absolute Gasteiger partial charge is 0.452 e. The number of rotatable bonds is 7. The maximum Gasteiger partial charge on any atom is 0.338 e. The van der Waals surface area contributed by atoms with Crippen molar-refractivity contribution in [3.8, 4) is 0 Å². The van der Waals surface area contributed by atoms with Crippen molar-refractivity contribution in [2.24, 2.45) is 23.7 Å². The third kappa shape index (κ3) is 4.49. The summed E-state index contributed by atoms with van der Waals surface area (Å²) in [5.74, 6) is -1.87. The fourth-order valence-electron chi connectivity index (χ4n) is 6.77. The smallest absolute Gasteiger partial charge is 0.338 e. The zero-order valence-electron chi connectivity index (χ0n) is 21.9. The Kier molecular flexibility index (Phi) is 6.54. The number of hydrogen-bond donors (Lipinski definition) is 1. The van der Waals surface area contributed by atoms with Crippen LogP contribution in [0.3, 0.4) is 0 Å². The Balaban J connectivity index is 1.11. The molecular weight excluding hydrogens is 508 g/mol. The topological polar surface area (TPSA) is 110 Å². The van der Waals surface area contributed by atoms with E-state index in [-0.39, 0.29) is 52.8 Å². The molecule has 8 nitrogen and oxygen atoms in total. The lowest BCUT2D eigenvalue weighted by molar-refractivity contribution is -0.123. The van der Waals surface area contributed by atoms with Gasteiger partial charge in [0.2, 0.25) is 11.8 Å². The molecule has 8 heteroatoms. The van der Waals surface area contributed by atoms with Gasteiger partial charge in [-0.25, -0.2) is 4.79 Å². The van der Waals surface area contributed by atoms with E-state index in [0.29, 0.717) is 16.9 Å². The predicted octanol–water partition coefficient (Wildman–Crippen LogP) is 4.61. The Hall–Kier alpha value is -4.59. The Morgan fingerprint density at radius 3 is 2.30 bits per heavy atom. The number of imide groups is 1. The molecule has 0 radical (unpaired) electrons. The highest BCUT2D eigenvalue weighted by atomic mass is 16.5. The number of Topliss-reactive ketones (excluding diaryl/α,β-unsaturated/α-hetero) is 1. The maximum atomic E-state index is 13.6. The summed E-state index contributed by atoms with van der Waals surface area (Å²) in [6.07, 6.45) is 1.79. The highest BCUT2D eigenvalue weighted by Gasteiger charge is 2.64. The molecule has 202 valence electrons. The Morgan fingerprint density at radius 1 is 0.850 bits per heavy atom. The lowest BCUT2D eigenvalue weighted by Gasteiger charge is -2.28. The molecule has 3 aliphatic rings. The summed E-state index contributed by atoms with van der Waals surface area (Å²) < 4.78 is 5.18. The second-order valence-electron chi connectivity index (χ2n) is 10.8. The van der Waals surface area contributed by atoms with E-state index in [1.807, 2.05) is 18.2 Å². The van der Waals surface area contributed by atoms with Gasteiger partial charge in [-0.1, -0.05) is 36.4 Å². The summed E-state index contributed by atoms with van der Waals surface area (Å²) in [6, 6.07) is 22.8. The van der Waals surface area contributed by atoms with Crippen LogP contribution in [0.5, 0.6) is 0 Å². The van der Waals surface area contributed by atoms with E-state index in [2.05, 4.69) is 17.4 Å². The molecular formula is C32H28N2O6. The molecule has 0 unspecified atom stereocenters. The van der Waals surface area contributed by atoms with Crippen molar-refractivity contribution in [1.29, 1.82) is 0 Å². The molecule has 1 heterocycles. The van der Waals surface area contributed by atoms with Gasteiger partial charge in [0.05, 0.1) is 23.1 Å². The van der Waals surface area contributed by atoms with E-state index in [0.717, 1.165) is 12.8 Å². The number of nitrogens with one attached hydrogen (secondary N) is 1. The van der Waals surface area contributed by atoms with Gasteiger partial charge < -0.3 is 10.1 Å². The van der Waals surface area contributed by atoms with Gasteiger partial charge in [-0.3, -0.25) is 24.1 Å². The Labute approximate surface area is 231 Å². The molecule has 40 heavy (non-hydrogen) atoms. The SMILES string of the molecule is CC(=O)c1ccc(NC(=O)COC(=O)c2cccc(N3C(=O)[C@@H]4[C@@H]5C[C@@H]([C@H]4C3=O)[C@@H](c3ccccc3)C5)c2)cc1. The molecule has 1 N–H and O–H groups in total. The third-order valence-corrected chi connectivity index (χ3v) is 8.49. The van der Waals surface area contributed by atoms with Gasteiger partial charge in [-0.2, -0.15) is 0 Å². The molecule has 1 saturated heterocycles. The fraction of sp³-hybridized carbons (Fsp3) is 0.281. The van der Waals surface area contributed by atoms with Gasteiger partial charge >= 0.3 is 5.97 Å². The lowest BCUT2D eigenvalue weighted by atomic mass is 9.73. The summed E-state index contributed by atoms with van der Waals surface area (Å²) in [5, 5.41) is 2.61. The van der Waals surface area contributed by atoms with Gasteiger partial charge in [-0.15, -0.1) is 0 Å². The number of ether oxygens (including phenoxy) is 1. The number of amides is 3. The van der Waals surface area contributed by atoms with Gasteiger partial charge in [0.15, 0.2) is 12.4 Å². The minimum absolute atomic E-state index is 0.0849. The second kappa shape index (κ2) is 10.2. The van der Waals surface area contributed by atoms with Crippen molar-refractivity contribution in [3.63, 3.8) is 0 Å². The van der Waals surface area contributed by atoms with Crippen molar-refractivity contribution in [2.45, 2.75) is 25.7 Å². The number of nitrogens with zero attached hydrogens (tertiary/aromatic N) is 1. The number of fused-ring (bicyclic) bond motifs is 5. The van der Waals surface area contributed by atoms with Crippen LogP contribution in [0.2, 0.25) is 0 Å². The van der Waals surface area contributed by atoms with Crippen LogP contribution in [0.15, 0.2) is 78.9 Å². The van der Waals surface area contributed by atoms with E-state index in [1.165, 1.54) is 29.5 Å². The zero-order chi connectivity index (χ0) is 28.0. The lowest BCUT2D eigenvalue weighted by Crippen LogP contribution is -2.33. The normalized spacial score (nSPS) is 24.6. The number of hydrogen-bond acceptors (Lipinski definition) is 6. The Bertz CT molecular complexity index is 1520. The highest BCUT2D eigenvalue weighted by Crippen LogP contribution is 2.61. The molecule has 2 aliphatic carbocycles. The molecule has 6 rings (SSSR count). The first-order valence-corrected chi connectivity index (χ1v) is 13.4. The first kappa shape index (κ1) is 25.7. The molecule has 2 saturated carbocycles. The van der Waals surface area contributed by atoms with Crippen molar-refractivity contribution in [3.05, 3.63) is 95.6 Å². The Morgan fingerprint density at radius 2 is 1.57 bits per heavy atom. The van der Waals surface area contributed by atoms with Crippen molar-refractivity contribution < 1.29 is 28.7 Å². The molecule has 0 aromatic heterocycles. The molecule has 3 amide bonds. The second-order valence-corrected chi connectivity index (χ2v) is 10.8. The standard InChI is InChI=1S/C32H28N2O6/c1-18(35)19-10-12-23(13-11-19)33-27(36)17-40-32(39)21-8-5-9-24(14-21)34-30(37)28-22-15-25(20-6-3-2-4-7-20)26(16-22)29(28)31(34)38/h2-14,22,25-26,28-29H,15-17H2,1H3,(H,33,36)/t22-,25+,26+,28+,29+/m0/s1. The van der Waals surface area contributed by atoms with E-state index in [1.54, 1.807) is 36.4 Å². The van der Waals surface area contributed by atoms with Crippen LogP contribution < -0.4 is 10.2 Å².